The first-order valence-electron chi connectivity index (χ1n) is 6.37. The van der Waals surface area contributed by atoms with E-state index >= 15 is 0 Å². The van der Waals surface area contributed by atoms with E-state index in [1.165, 1.54) is 19.3 Å². The van der Waals surface area contributed by atoms with E-state index in [2.05, 4.69) is 19.0 Å². The first-order valence-corrected chi connectivity index (χ1v) is 6.37. The van der Waals surface area contributed by atoms with Gasteiger partial charge in [0.25, 0.3) is 0 Å². The Kier molecular flexibility index (Phi) is 1.79. The fourth-order valence-electron chi connectivity index (χ4n) is 5.84. The van der Waals surface area contributed by atoms with E-state index in [0.29, 0.717) is 16.7 Å². The molecule has 4 saturated carbocycles. The van der Waals surface area contributed by atoms with Crippen molar-refractivity contribution < 1.29 is 5.21 Å². The summed E-state index contributed by atoms with van der Waals surface area (Å²) < 4.78 is 0. The van der Waals surface area contributed by atoms with Crippen molar-refractivity contribution in [1.29, 1.82) is 0 Å². The Labute approximate surface area is 97.1 Å². The van der Waals surface area contributed by atoms with Crippen LogP contribution in [0.25, 0.3) is 0 Å². The standard InChI is InChI=1S/C13H22N2O/c1-11-3-9-4-12(2,6-11)8-13(5-9,7-11)10(14)15-16/h9,16H,3-8H2,1-2H3,(H2,14,15). The van der Waals surface area contributed by atoms with Crippen LogP contribution in [0, 0.1) is 22.2 Å². The molecule has 4 fully saturated rings. The Hall–Kier alpha value is -0.730. The summed E-state index contributed by atoms with van der Waals surface area (Å²) in [7, 11) is 0. The fraction of sp³-hybridized carbons (Fsp3) is 0.923. The summed E-state index contributed by atoms with van der Waals surface area (Å²) in [6, 6.07) is 0. The van der Waals surface area contributed by atoms with E-state index < -0.39 is 0 Å². The molecule has 4 rings (SSSR count). The van der Waals surface area contributed by atoms with Crippen molar-refractivity contribution in [3.8, 4) is 0 Å². The lowest BCUT2D eigenvalue weighted by Crippen LogP contribution is -2.59. The summed E-state index contributed by atoms with van der Waals surface area (Å²) in [5.41, 5.74) is 6.87. The van der Waals surface area contributed by atoms with Gasteiger partial charge in [-0.25, -0.2) is 0 Å². The molecule has 0 saturated heterocycles. The van der Waals surface area contributed by atoms with Crippen LogP contribution in [-0.2, 0) is 0 Å². The maximum absolute atomic E-state index is 9.03. The minimum atomic E-state index is 0.0116. The third kappa shape index (κ3) is 1.23. The molecule has 4 bridgehead atoms. The lowest BCUT2D eigenvalue weighted by Gasteiger charge is -2.64. The molecule has 0 aromatic rings. The highest BCUT2D eigenvalue weighted by atomic mass is 16.4. The highest BCUT2D eigenvalue weighted by Gasteiger charge is 2.61. The number of hydrogen-bond donors (Lipinski definition) is 2. The maximum atomic E-state index is 9.03. The first-order chi connectivity index (χ1) is 7.39. The molecule has 2 unspecified atom stereocenters. The van der Waals surface area contributed by atoms with Crippen LogP contribution in [-0.4, -0.2) is 11.0 Å². The minimum absolute atomic E-state index is 0.0116. The molecule has 0 aromatic carbocycles. The first kappa shape index (κ1) is 10.4. The molecule has 4 aliphatic carbocycles. The maximum Gasteiger partial charge on any atom is 0.145 e. The number of nitrogens with zero attached hydrogens (tertiary/aromatic N) is 1. The Morgan fingerprint density at radius 2 is 1.69 bits per heavy atom. The Balaban J connectivity index is 2.05. The molecule has 0 radical (unpaired) electrons. The van der Waals surface area contributed by atoms with Crippen molar-refractivity contribution in [1.82, 2.24) is 0 Å². The van der Waals surface area contributed by atoms with Gasteiger partial charge in [0.15, 0.2) is 0 Å². The van der Waals surface area contributed by atoms with Crippen LogP contribution < -0.4 is 5.73 Å². The molecular formula is C13H22N2O. The SMILES string of the molecule is CC12CC3CC(C)(C1)CC(C(N)=NO)(C3)C2. The minimum Gasteiger partial charge on any atom is -0.409 e. The van der Waals surface area contributed by atoms with Gasteiger partial charge in [-0.05, 0) is 55.3 Å². The zero-order chi connectivity index (χ0) is 11.6. The van der Waals surface area contributed by atoms with Crippen LogP contribution in [0.15, 0.2) is 5.16 Å². The number of hydrogen-bond acceptors (Lipinski definition) is 2. The summed E-state index contributed by atoms with van der Waals surface area (Å²) in [6.45, 7) is 4.80. The second-order valence-corrected chi connectivity index (χ2v) is 7.40. The topological polar surface area (TPSA) is 58.6 Å². The molecule has 0 aromatic heterocycles. The predicted octanol–water partition coefficient (Wildman–Crippen LogP) is 2.73. The molecule has 3 N–H and O–H groups in total. The summed E-state index contributed by atoms with van der Waals surface area (Å²) in [5.74, 6) is 1.29. The molecule has 3 heteroatoms. The van der Waals surface area contributed by atoms with E-state index in [1.54, 1.807) is 0 Å². The smallest absolute Gasteiger partial charge is 0.145 e. The van der Waals surface area contributed by atoms with Gasteiger partial charge in [-0.15, -0.1) is 0 Å². The van der Waals surface area contributed by atoms with Gasteiger partial charge in [0, 0.05) is 5.41 Å². The Bertz CT molecular complexity index is 345. The summed E-state index contributed by atoms with van der Waals surface area (Å²) in [6.07, 6.45) is 7.43. The van der Waals surface area contributed by atoms with Crippen molar-refractivity contribution in [3.05, 3.63) is 0 Å². The van der Waals surface area contributed by atoms with Gasteiger partial charge < -0.3 is 10.9 Å². The largest absolute Gasteiger partial charge is 0.409 e. The monoisotopic (exact) mass is 222 g/mol. The molecule has 0 spiro atoms. The molecule has 0 heterocycles. The molecule has 0 aliphatic heterocycles. The van der Waals surface area contributed by atoms with E-state index in [1.807, 2.05) is 0 Å². The lowest BCUT2D eigenvalue weighted by molar-refractivity contribution is -0.117. The van der Waals surface area contributed by atoms with Gasteiger partial charge in [0.05, 0.1) is 0 Å². The normalized spacial score (nSPS) is 55.6. The molecule has 0 amide bonds. The number of nitrogens with two attached hydrogens (primary N) is 1. The number of amidine groups is 1. The third-order valence-electron chi connectivity index (χ3n) is 5.28. The average Bonchev–Trinajstić information content (AvgIpc) is 2.10. The summed E-state index contributed by atoms with van der Waals surface area (Å²) in [4.78, 5) is 0. The van der Waals surface area contributed by atoms with Crippen molar-refractivity contribution in [2.75, 3.05) is 0 Å². The quantitative estimate of drug-likeness (QED) is 0.310. The molecular weight excluding hydrogens is 200 g/mol. The van der Waals surface area contributed by atoms with Gasteiger partial charge in [-0.3, -0.25) is 0 Å². The number of rotatable bonds is 1. The second kappa shape index (κ2) is 2.74. The van der Waals surface area contributed by atoms with Gasteiger partial charge in [-0.2, -0.15) is 0 Å². The van der Waals surface area contributed by atoms with Crippen molar-refractivity contribution in [2.24, 2.45) is 33.1 Å². The van der Waals surface area contributed by atoms with Crippen molar-refractivity contribution >= 4 is 5.84 Å². The highest BCUT2D eigenvalue weighted by Crippen LogP contribution is 2.69. The van der Waals surface area contributed by atoms with E-state index in [4.69, 9.17) is 10.9 Å². The van der Waals surface area contributed by atoms with Crippen LogP contribution in [0.3, 0.4) is 0 Å². The van der Waals surface area contributed by atoms with E-state index in [-0.39, 0.29) is 5.41 Å². The van der Waals surface area contributed by atoms with Crippen LogP contribution in [0.4, 0.5) is 0 Å². The van der Waals surface area contributed by atoms with Crippen LogP contribution >= 0.6 is 0 Å². The fourth-order valence-corrected chi connectivity index (χ4v) is 5.84. The van der Waals surface area contributed by atoms with Crippen LogP contribution in [0.5, 0.6) is 0 Å². The van der Waals surface area contributed by atoms with Crippen molar-refractivity contribution in [3.63, 3.8) is 0 Å². The Morgan fingerprint density at radius 3 is 2.12 bits per heavy atom. The average molecular weight is 222 g/mol. The molecule has 3 nitrogen and oxygen atoms in total. The third-order valence-corrected chi connectivity index (χ3v) is 5.28. The number of oxime groups is 1. The van der Waals surface area contributed by atoms with Crippen LogP contribution in [0.1, 0.15) is 52.4 Å². The van der Waals surface area contributed by atoms with Crippen molar-refractivity contribution in [2.45, 2.75) is 52.4 Å². The summed E-state index contributed by atoms with van der Waals surface area (Å²) in [5, 5.41) is 12.4. The van der Waals surface area contributed by atoms with E-state index in [9.17, 15) is 0 Å². The van der Waals surface area contributed by atoms with Gasteiger partial charge in [0.2, 0.25) is 0 Å². The lowest BCUT2D eigenvalue weighted by atomic mass is 9.40. The summed E-state index contributed by atoms with van der Waals surface area (Å²) >= 11 is 0. The zero-order valence-corrected chi connectivity index (χ0v) is 10.3. The van der Waals surface area contributed by atoms with Gasteiger partial charge in [0.1, 0.15) is 5.84 Å². The van der Waals surface area contributed by atoms with E-state index in [0.717, 1.165) is 25.2 Å². The second-order valence-electron chi connectivity index (χ2n) is 7.40. The Morgan fingerprint density at radius 1 is 1.12 bits per heavy atom. The molecule has 90 valence electrons. The van der Waals surface area contributed by atoms with Gasteiger partial charge >= 0.3 is 0 Å². The molecule has 2 atom stereocenters. The predicted molar refractivity (Wildman–Crippen MR) is 63.2 cm³/mol. The highest BCUT2D eigenvalue weighted by molar-refractivity contribution is 5.86. The van der Waals surface area contributed by atoms with Gasteiger partial charge in [-0.1, -0.05) is 19.0 Å². The zero-order valence-electron chi connectivity index (χ0n) is 10.3. The van der Waals surface area contributed by atoms with Crippen LogP contribution in [0.2, 0.25) is 0 Å². The molecule has 16 heavy (non-hydrogen) atoms. The molecule has 4 aliphatic rings.